The monoisotopic (exact) mass is 365 g/mol. The molecule has 0 saturated heterocycles. The predicted molar refractivity (Wildman–Crippen MR) is 103 cm³/mol. The topological polar surface area (TPSA) is 67.3 Å². The molecule has 6 heteroatoms. The first-order valence-electron chi connectivity index (χ1n) is 9.51. The van der Waals surface area contributed by atoms with Crippen LogP contribution in [0, 0.1) is 5.82 Å². The van der Waals surface area contributed by atoms with E-state index in [1.54, 1.807) is 12.1 Å². The van der Waals surface area contributed by atoms with E-state index < -0.39 is 0 Å². The number of pyridine rings is 1. The van der Waals surface area contributed by atoms with E-state index in [9.17, 15) is 4.39 Å². The molecule has 1 aliphatic rings. The number of halogens is 1. The molecule has 27 heavy (non-hydrogen) atoms. The summed E-state index contributed by atoms with van der Waals surface area (Å²) in [5.74, 6) is 0.266. The van der Waals surface area contributed by atoms with Crippen molar-refractivity contribution >= 4 is 0 Å². The second kappa shape index (κ2) is 6.83. The highest BCUT2D eigenvalue weighted by Crippen LogP contribution is 2.42. The zero-order valence-corrected chi connectivity index (χ0v) is 16.0. The van der Waals surface area contributed by atoms with E-state index in [4.69, 9.17) is 4.98 Å². The number of tetrazole rings is 1. The molecule has 0 unspecified atom stereocenters. The smallest absolute Gasteiger partial charge is 0.207 e. The Bertz CT molecular complexity index is 957. The Morgan fingerprint density at radius 2 is 1.85 bits per heavy atom. The van der Waals surface area contributed by atoms with E-state index in [-0.39, 0.29) is 11.2 Å². The lowest BCUT2D eigenvalue weighted by molar-refractivity contribution is 0.566. The van der Waals surface area contributed by atoms with Crippen LogP contribution in [0.15, 0.2) is 24.3 Å². The Kier molecular flexibility index (Phi) is 4.50. The van der Waals surface area contributed by atoms with Crippen LogP contribution in [0.25, 0.3) is 22.5 Å². The number of hydrogen-bond donors (Lipinski definition) is 1. The highest BCUT2D eigenvalue weighted by Gasteiger charge is 2.30. The molecular formula is C21H24FN5. The molecule has 1 aliphatic carbocycles. The number of nitrogens with one attached hydrogen (secondary N) is 1. The fourth-order valence-corrected chi connectivity index (χ4v) is 3.91. The second-order valence-corrected chi connectivity index (χ2v) is 8.19. The van der Waals surface area contributed by atoms with Gasteiger partial charge in [0.25, 0.3) is 0 Å². The Morgan fingerprint density at radius 1 is 1.04 bits per heavy atom. The summed E-state index contributed by atoms with van der Waals surface area (Å²) in [6.45, 7) is 6.41. The molecule has 140 valence electrons. The van der Waals surface area contributed by atoms with E-state index in [0.29, 0.717) is 5.82 Å². The van der Waals surface area contributed by atoms with Gasteiger partial charge in [0.05, 0.1) is 11.3 Å². The highest BCUT2D eigenvalue weighted by atomic mass is 19.1. The fraction of sp³-hybridized carbons (Fsp3) is 0.429. The number of benzene rings is 1. The summed E-state index contributed by atoms with van der Waals surface area (Å²) >= 11 is 0. The Morgan fingerprint density at radius 3 is 2.56 bits per heavy atom. The van der Waals surface area contributed by atoms with Crippen LogP contribution in [0.4, 0.5) is 4.39 Å². The van der Waals surface area contributed by atoms with Crippen molar-refractivity contribution in [1.29, 1.82) is 0 Å². The molecule has 0 bridgehead atoms. The van der Waals surface area contributed by atoms with Crippen LogP contribution in [-0.2, 0) is 18.3 Å². The van der Waals surface area contributed by atoms with Gasteiger partial charge in [0.1, 0.15) is 5.82 Å². The standard InChI is InChI=1S/C21H24FN5/c1-21(2,3)19-18(20-24-26-27-25-20)17(13-8-7-9-14(22)12-13)15-10-5-4-6-11-16(15)23-19/h7-9,12H,4-6,10-11H2,1-3H3,(H,24,25,26,27). The molecular weight excluding hydrogens is 341 g/mol. The summed E-state index contributed by atoms with van der Waals surface area (Å²) < 4.78 is 14.1. The van der Waals surface area contributed by atoms with Gasteiger partial charge in [-0.15, -0.1) is 10.2 Å². The van der Waals surface area contributed by atoms with Crippen molar-refractivity contribution in [3.8, 4) is 22.5 Å². The average Bonchev–Trinajstić information content (AvgIpc) is 3.04. The van der Waals surface area contributed by atoms with Crippen LogP contribution >= 0.6 is 0 Å². The van der Waals surface area contributed by atoms with Gasteiger partial charge in [-0.05, 0) is 59.7 Å². The zero-order valence-electron chi connectivity index (χ0n) is 16.0. The van der Waals surface area contributed by atoms with Gasteiger partial charge < -0.3 is 0 Å². The third kappa shape index (κ3) is 3.36. The Labute approximate surface area is 158 Å². The molecule has 0 spiro atoms. The molecule has 0 saturated carbocycles. The maximum Gasteiger partial charge on any atom is 0.207 e. The summed E-state index contributed by atoms with van der Waals surface area (Å²) in [6.07, 6.45) is 5.31. The molecule has 0 radical (unpaired) electrons. The minimum absolute atomic E-state index is 0.209. The lowest BCUT2D eigenvalue weighted by Gasteiger charge is -2.26. The first kappa shape index (κ1) is 17.8. The van der Waals surface area contributed by atoms with Gasteiger partial charge in [-0.3, -0.25) is 4.98 Å². The minimum atomic E-state index is -0.247. The third-order valence-electron chi connectivity index (χ3n) is 5.12. The van der Waals surface area contributed by atoms with Gasteiger partial charge in [-0.1, -0.05) is 39.3 Å². The van der Waals surface area contributed by atoms with E-state index in [1.807, 2.05) is 6.07 Å². The number of rotatable bonds is 2. The maximum absolute atomic E-state index is 14.1. The number of aryl methyl sites for hydroxylation is 1. The Hall–Kier alpha value is -2.63. The van der Waals surface area contributed by atoms with Crippen LogP contribution in [0.1, 0.15) is 57.0 Å². The van der Waals surface area contributed by atoms with Gasteiger partial charge >= 0.3 is 0 Å². The number of aromatic nitrogens is 5. The molecule has 5 nitrogen and oxygen atoms in total. The largest absolute Gasteiger partial charge is 0.256 e. The van der Waals surface area contributed by atoms with Crippen LogP contribution in [0.2, 0.25) is 0 Å². The number of hydrogen-bond acceptors (Lipinski definition) is 4. The molecule has 0 amide bonds. The molecule has 0 atom stereocenters. The molecule has 2 aromatic heterocycles. The number of nitrogens with zero attached hydrogens (tertiary/aromatic N) is 4. The fourth-order valence-electron chi connectivity index (χ4n) is 3.91. The molecule has 3 aromatic rings. The summed E-state index contributed by atoms with van der Waals surface area (Å²) in [5.41, 5.74) is 5.77. The minimum Gasteiger partial charge on any atom is -0.256 e. The highest BCUT2D eigenvalue weighted by molar-refractivity contribution is 5.85. The average molecular weight is 365 g/mol. The predicted octanol–water partition coefficient (Wildman–Crippen LogP) is 4.63. The molecule has 2 heterocycles. The van der Waals surface area contributed by atoms with E-state index in [1.165, 1.54) is 18.1 Å². The van der Waals surface area contributed by atoms with Gasteiger partial charge in [-0.2, -0.15) is 5.21 Å². The lowest BCUT2D eigenvalue weighted by atomic mass is 9.82. The number of fused-ring (bicyclic) bond motifs is 1. The van der Waals surface area contributed by atoms with Crippen molar-refractivity contribution in [3.05, 3.63) is 47.0 Å². The lowest BCUT2D eigenvalue weighted by Crippen LogP contribution is -2.19. The van der Waals surface area contributed by atoms with E-state index in [0.717, 1.165) is 53.8 Å². The zero-order chi connectivity index (χ0) is 19.0. The number of aromatic amines is 1. The van der Waals surface area contributed by atoms with E-state index >= 15 is 0 Å². The Balaban J connectivity index is 2.12. The third-order valence-corrected chi connectivity index (χ3v) is 5.12. The summed E-state index contributed by atoms with van der Waals surface area (Å²) in [6, 6.07) is 6.78. The molecule has 0 fully saturated rings. The van der Waals surface area contributed by atoms with Crippen molar-refractivity contribution < 1.29 is 4.39 Å². The second-order valence-electron chi connectivity index (χ2n) is 8.19. The van der Waals surface area contributed by atoms with Crippen LogP contribution in [0.3, 0.4) is 0 Å². The van der Waals surface area contributed by atoms with Crippen molar-refractivity contribution in [1.82, 2.24) is 25.6 Å². The SMILES string of the molecule is CC(C)(C)c1nc2c(c(-c3cccc(F)c3)c1-c1nn[nH]n1)CCCCC2. The molecule has 1 aromatic carbocycles. The molecule has 0 aliphatic heterocycles. The first-order chi connectivity index (χ1) is 12.9. The summed E-state index contributed by atoms with van der Waals surface area (Å²) in [5, 5.41) is 14.8. The van der Waals surface area contributed by atoms with Crippen molar-refractivity contribution in [2.75, 3.05) is 0 Å². The van der Waals surface area contributed by atoms with Crippen molar-refractivity contribution in [3.63, 3.8) is 0 Å². The first-order valence-corrected chi connectivity index (χ1v) is 9.51. The molecule has 1 N–H and O–H groups in total. The van der Waals surface area contributed by atoms with Crippen LogP contribution in [-0.4, -0.2) is 25.6 Å². The van der Waals surface area contributed by atoms with Crippen molar-refractivity contribution in [2.24, 2.45) is 0 Å². The van der Waals surface area contributed by atoms with Gasteiger partial charge in [0.2, 0.25) is 5.82 Å². The van der Waals surface area contributed by atoms with E-state index in [2.05, 4.69) is 41.4 Å². The van der Waals surface area contributed by atoms with Gasteiger partial charge in [-0.25, -0.2) is 4.39 Å². The van der Waals surface area contributed by atoms with Crippen LogP contribution < -0.4 is 0 Å². The maximum atomic E-state index is 14.1. The summed E-state index contributed by atoms with van der Waals surface area (Å²) in [4.78, 5) is 5.09. The molecule has 4 rings (SSSR count). The normalized spacial score (nSPS) is 14.7. The summed E-state index contributed by atoms with van der Waals surface area (Å²) in [7, 11) is 0. The van der Waals surface area contributed by atoms with Gasteiger partial charge in [0.15, 0.2) is 0 Å². The van der Waals surface area contributed by atoms with Crippen LogP contribution in [0.5, 0.6) is 0 Å². The van der Waals surface area contributed by atoms with Gasteiger partial charge in [0, 0.05) is 11.1 Å². The number of H-pyrrole nitrogens is 1. The quantitative estimate of drug-likeness (QED) is 0.672. The van der Waals surface area contributed by atoms with Crippen molar-refractivity contribution in [2.45, 2.75) is 58.3 Å².